The van der Waals surface area contributed by atoms with E-state index in [1.807, 2.05) is 36.4 Å². The second kappa shape index (κ2) is 5.28. The van der Waals surface area contributed by atoms with Crippen LogP contribution in [0.5, 0.6) is 5.75 Å². The number of carbonyl (C=O) groups excluding carboxylic acids is 2. The molecule has 0 fully saturated rings. The number of aliphatic imine (C=N–C) groups is 1. The number of fused-ring (bicyclic) bond motifs is 1. The van der Waals surface area contributed by atoms with Gasteiger partial charge in [-0.2, -0.15) is 0 Å². The number of ketones is 1. The lowest BCUT2D eigenvalue weighted by atomic mass is 9.71. The molecule has 126 valence electrons. The number of methoxy groups -OCH3 is 1. The Balaban J connectivity index is 1.91. The molecule has 5 nitrogen and oxygen atoms in total. The van der Waals surface area contributed by atoms with Crippen molar-refractivity contribution in [3.8, 4) is 5.75 Å². The van der Waals surface area contributed by atoms with Gasteiger partial charge in [0.25, 0.3) is 0 Å². The first-order valence-electron chi connectivity index (χ1n) is 8.05. The van der Waals surface area contributed by atoms with Crippen molar-refractivity contribution in [3.05, 3.63) is 65.7 Å². The molecule has 2 aliphatic rings. The molecule has 4 rings (SSSR count). The predicted octanol–water partition coefficient (Wildman–Crippen LogP) is 2.80. The third-order valence-electron chi connectivity index (χ3n) is 5.01. The summed E-state index contributed by atoms with van der Waals surface area (Å²) < 4.78 is 11.1. The number of benzene rings is 2. The molecule has 1 spiro atoms. The van der Waals surface area contributed by atoms with Crippen LogP contribution in [-0.2, 0) is 9.53 Å². The number of hydrogen-bond acceptors (Lipinski definition) is 5. The van der Waals surface area contributed by atoms with Crippen molar-refractivity contribution < 1.29 is 19.1 Å². The highest BCUT2D eigenvalue weighted by Gasteiger charge is 2.65. The quantitative estimate of drug-likeness (QED) is 0.792. The highest BCUT2D eigenvalue weighted by Crippen LogP contribution is 2.51. The number of para-hydroxylation sites is 1. The molecule has 5 heteroatoms. The van der Waals surface area contributed by atoms with Crippen molar-refractivity contribution in [2.24, 2.45) is 4.99 Å². The first-order valence-corrected chi connectivity index (χ1v) is 8.05. The number of Topliss-reactive ketones (excluding diaryl/α,β-unsaturated/α-hetero) is 1. The molecule has 0 bridgehead atoms. The fourth-order valence-electron chi connectivity index (χ4n) is 3.85. The monoisotopic (exact) mass is 335 g/mol. The fraction of sp³-hybridized carbons (Fsp3) is 0.250. The van der Waals surface area contributed by atoms with Crippen molar-refractivity contribution in [3.63, 3.8) is 0 Å². The van der Waals surface area contributed by atoms with E-state index in [1.54, 1.807) is 25.1 Å². The number of carbonyl (C=O) groups is 2. The maximum atomic E-state index is 13.2. The molecule has 0 saturated heterocycles. The van der Waals surface area contributed by atoms with Gasteiger partial charge in [-0.1, -0.05) is 42.5 Å². The van der Waals surface area contributed by atoms with Crippen LogP contribution in [0, 0.1) is 0 Å². The van der Waals surface area contributed by atoms with Crippen LogP contribution in [0.15, 0.2) is 59.6 Å². The molecular weight excluding hydrogens is 318 g/mol. The van der Waals surface area contributed by atoms with Gasteiger partial charge >= 0.3 is 5.97 Å². The smallest absolute Gasteiger partial charge is 0.334 e. The van der Waals surface area contributed by atoms with E-state index in [-0.39, 0.29) is 5.78 Å². The summed E-state index contributed by atoms with van der Waals surface area (Å²) in [4.78, 5) is 30.2. The number of nitrogens with zero attached hydrogens (tertiary/aromatic N) is 1. The summed E-state index contributed by atoms with van der Waals surface area (Å²) >= 11 is 0. The van der Waals surface area contributed by atoms with E-state index in [0.717, 1.165) is 5.56 Å². The van der Waals surface area contributed by atoms with Gasteiger partial charge in [0.05, 0.1) is 24.8 Å². The fourth-order valence-corrected chi connectivity index (χ4v) is 3.85. The van der Waals surface area contributed by atoms with Crippen LogP contribution in [-0.4, -0.2) is 36.2 Å². The molecular formula is C20H17NO4. The van der Waals surface area contributed by atoms with Crippen molar-refractivity contribution >= 4 is 18.0 Å². The van der Waals surface area contributed by atoms with Gasteiger partial charge in [-0.05, 0) is 24.6 Å². The molecule has 0 N–H and O–H groups in total. The second-order valence-corrected chi connectivity index (χ2v) is 6.46. The summed E-state index contributed by atoms with van der Waals surface area (Å²) in [5, 5.41) is 0. The Kier molecular flexibility index (Phi) is 3.29. The molecule has 25 heavy (non-hydrogen) atoms. The number of esters is 1. The van der Waals surface area contributed by atoms with Crippen LogP contribution in [0.2, 0.25) is 0 Å². The van der Waals surface area contributed by atoms with E-state index in [1.165, 1.54) is 13.3 Å². The summed E-state index contributed by atoms with van der Waals surface area (Å²) in [5.74, 6) is -0.794. The van der Waals surface area contributed by atoms with Crippen molar-refractivity contribution in [1.29, 1.82) is 0 Å². The number of hydrogen-bond donors (Lipinski definition) is 0. The minimum Gasteiger partial charge on any atom is -0.472 e. The molecule has 0 amide bonds. The van der Waals surface area contributed by atoms with Gasteiger partial charge in [-0.25, -0.2) is 4.79 Å². The minimum atomic E-state index is -1.34. The summed E-state index contributed by atoms with van der Waals surface area (Å²) in [6.45, 7) is 1.68. The van der Waals surface area contributed by atoms with E-state index in [9.17, 15) is 9.59 Å². The normalized spacial score (nSPS) is 29.5. The van der Waals surface area contributed by atoms with Gasteiger partial charge < -0.3 is 9.47 Å². The zero-order valence-corrected chi connectivity index (χ0v) is 13.9. The molecule has 0 radical (unpaired) electrons. The summed E-state index contributed by atoms with van der Waals surface area (Å²) in [7, 11) is 1.32. The standard InChI is InChI=1S/C20H17NO4/c1-19(18(23)24-2)16(13-8-4-3-5-9-13)20(12-21-19)17(22)14-10-6-7-11-15(14)25-20/h3-12,16H,1-2H3/t16-,19+,20+/m0/s1. The van der Waals surface area contributed by atoms with Crippen molar-refractivity contribution in [2.45, 2.75) is 24.0 Å². The third-order valence-corrected chi connectivity index (χ3v) is 5.01. The van der Waals surface area contributed by atoms with E-state index in [2.05, 4.69) is 4.99 Å². The highest BCUT2D eigenvalue weighted by atomic mass is 16.5. The van der Waals surface area contributed by atoms with E-state index in [0.29, 0.717) is 11.3 Å². The van der Waals surface area contributed by atoms with E-state index in [4.69, 9.17) is 9.47 Å². The number of rotatable bonds is 2. The maximum Gasteiger partial charge on any atom is 0.334 e. The first kappa shape index (κ1) is 15.6. The molecule has 0 aromatic heterocycles. The van der Waals surface area contributed by atoms with Gasteiger partial charge in [0, 0.05) is 0 Å². The zero-order chi connectivity index (χ0) is 17.7. The van der Waals surface area contributed by atoms with Gasteiger partial charge in [-0.3, -0.25) is 9.79 Å². The lowest BCUT2D eigenvalue weighted by Crippen LogP contribution is -2.52. The Labute approximate surface area is 145 Å². The average molecular weight is 335 g/mol. The molecule has 2 aromatic carbocycles. The average Bonchev–Trinajstić information content (AvgIpc) is 3.11. The molecule has 2 heterocycles. The van der Waals surface area contributed by atoms with Crippen LogP contribution in [0.25, 0.3) is 0 Å². The van der Waals surface area contributed by atoms with Crippen LogP contribution in [0.1, 0.15) is 28.8 Å². The lowest BCUT2D eigenvalue weighted by Gasteiger charge is -2.34. The third kappa shape index (κ3) is 1.98. The summed E-state index contributed by atoms with van der Waals surface area (Å²) in [6.07, 6.45) is 1.48. The molecule has 2 aromatic rings. The van der Waals surface area contributed by atoms with E-state index >= 15 is 0 Å². The van der Waals surface area contributed by atoms with Crippen LogP contribution in [0.4, 0.5) is 0 Å². The lowest BCUT2D eigenvalue weighted by molar-refractivity contribution is -0.147. The summed E-state index contributed by atoms with van der Waals surface area (Å²) in [6, 6.07) is 16.5. The molecule has 3 atom stereocenters. The van der Waals surface area contributed by atoms with Crippen LogP contribution < -0.4 is 4.74 Å². The SMILES string of the molecule is COC(=O)[C@]1(C)N=C[C@@]2(Oc3ccccc3C2=O)[C@H]1c1ccccc1. The Hall–Kier alpha value is -2.95. The minimum absolute atomic E-state index is 0.187. The van der Waals surface area contributed by atoms with Crippen molar-refractivity contribution in [1.82, 2.24) is 0 Å². The van der Waals surface area contributed by atoms with Gasteiger partial charge in [-0.15, -0.1) is 0 Å². The van der Waals surface area contributed by atoms with E-state index < -0.39 is 23.0 Å². The highest BCUT2D eigenvalue weighted by molar-refractivity contribution is 6.19. The van der Waals surface area contributed by atoms with Crippen LogP contribution >= 0.6 is 0 Å². The Bertz CT molecular complexity index is 892. The molecule has 0 unspecified atom stereocenters. The first-order chi connectivity index (χ1) is 12.0. The largest absolute Gasteiger partial charge is 0.472 e. The Morgan fingerprint density at radius 3 is 2.48 bits per heavy atom. The molecule has 0 saturated carbocycles. The van der Waals surface area contributed by atoms with Crippen molar-refractivity contribution in [2.75, 3.05) is 7.11 Å². The predicted molar refractivity (Wildman–Crippen MR) is 92.2 cm³/mol. The van der Waals surface area contributed by atoms with Gasteiger partial charge in [0.2, 0.25) is 11.4 Å². The topological polar surface area (TPSA) is 65.0 Å². The maximum absolute atomic E-state index is 13.2. The van der Waals surface area contributed by atoms with Gasteiger partial charge in [0.1, 0.15) is 5.75 Å². The summed E-state index contributed by atoms with van der Waals surface area (Å²) in [5.41, 5.74) is -1.28. The molecule has 0 aliphatic carbocycles. The number of ether oxygens (including phenoxy) is 2. The van der Waals surface area contributed by atoms with Crippen LogP contribution in [0.3, 0.4) is 0 Å². The zero-order valence-electron chi connectivity index (χ0n) is 13.9. The second-order valence-electron chi connectivity index (χ2n) is 6.46. The van der Waals surface area contributed by atoms with Gasteiger partial charge in [0.15, 0.2) is 5.54 Å². The molecule has 2 aliphatic heterocycles. The Morgan fingerprint density at radius 1 is 1.12 bits per heavy atom. The Morgan fingerprint density at radius 2 is 1.80 bits per heavy atom.